The van der Waals surface area contributed by atoms with Crippen molar-refractivity contribution in [1.82, 2.24) is 14.3 Å². The molecule has 1 aromatic heterocycles. The molecule has 2 aromatic rings. The van der Waals surface area contributed by atoms with Crippen LogP contribution in [0.3, 0.4) is 0 Å². The Hall–Kier alpha value is -2.31. The van der Waals surface area contributed by atoms with E-state index in [2.05, 4.69) is 9.97 Å². The van der Waals surface area contributed by atoms with Gasteiger partial charge in [0.1, 0.15) is 5.75 Å². The third-order valence-corrected chi connectivity index (χ3v) is 7.70. The zero-order valence-corrected chi connectivity index (χ0v) is 19.0. The predicted octanol–water partition coefficient (Wildman–Crippen LogP) is 3.42. The van der Waals surface area contributed by atoms with Crippen LogP contribution in [-0.4, -0.2) is 60.6 Å². The van der Waals surface area contributed by atoms with Crippen LogP contribution in [0.15, 0.2) is 30.7 Å². The lowest BCUT2D eigenvalue weighted by molar-refractivity contribution is -0.0495. The van der Waals surface area contributed by atoms with E-state index in [1.165, 1.54) is 13.4 Å². The summed E-state index contributed by atoms with van der Waals surface area (Å²) in [7, 11) is -4.10. The minimum atomic E-state index is -5.55. The predicted molar refractivity (Wildman–Crippen MR) is 115 cm³/mol. The van der Waals surface area contributed by atoms with Gasteiger partial charge in [0.15, 0.2) is 0 Å². The van der Waals surface area contributed by atoms with Crippen LogP contribution in [0, 0.1) is 0 Å². The fraction of sp³-hybridized carbons (Fsp3) is 0.571. The molecular formula is C21H27F3N4O4S. The summed E-state index contributed by atoms with van der Waals surface area (Å²) in [5.41, 5.74) is -3.60. The number of halogens is 3. The number of nitrogens with one attached hydrogen (secondary N) is 1. The van der Waals surface area contributed by atoms with Crippen molar-refractivity contribution in [3.05, 3.63) is 42.0 Å². The minimum Gasteiger partial charge on any atom is -0.497 e. The van der Waals surface area contributed by atoms with Crippen LogP contribution in [0.5, 0.6) is 5.75 Å². The van der Waals surface area contributed by atoms with Crippen molar-refractivity contribution in [2.24, 2.45) is 0 Å². The quantitative estimate of drug-likeness (QED) is 0.643. The second-order valence-corrected chi connectivity index (χ2v) is 10.3. The van der Waals surface area contributed by atoms with Crippen molar-refractivity contribution in [2.45, 2.75) is 56.4 Å². The molecule has 1 aromatic carbocycles. The van der Waals surface area contributed by atoms with E-state index in [1.807, 2.05) is 4.90 Å². The number of nitrogens with zero attached hydrogens (tertiary/aromatic N) is 3. The third-order valence-electron chi connectivity index (χ3n) is 6.15. The van der Waals surface area contributed by atoms with Gasteiger partial charge in [-0.05, 0) is 36.6 Å². The van der Waals surface area contributed by atoms with Gasteiger partial charge in [0, 0.05) is 25.0 Å². The summed E-state index contributed by atoms with van der Waals surface area (Å²) in [5, 5.41) is 0. The molecular weight excluding hydrogens is 461 g/mol. The standard InChI is InChI=1S/C21H27F3N4O4S/c1-31-19-6-7-20-15(8-19)10-27(33(29,30)21(22,23)24)12-17(13-32-18-4-2-3-5-18)28(20)11-16-9-25-14-26-16/h6-9,14,17-18H,2-5,10-13H2,1H3,(H,25,26). The number of aromatic nitrogens is 2. The number of sulfonamides is 1. The van der Waals surface area contributed by atoms with Gasteiger partial charge in [-0.15, -0.1) is 0 Å². The summed E-state index contributed by atoms with van der Waals surface area (Å²) in [4.78, 5) is 8.93. The van der Waals surface area contributed by atoms with Crippen molar-refractivity contribution in [2.75, 3.05) is 25.2 Å². The smallest absolute Gasteiger partial charge is 0.497 e. The van der Waals surface area contributed by atoms with E-state index in [4.69, 9.17) is 9.47 Å². The highest BCUT2D eigenvalue weighted by atomic mass is 32.2. The van der Waals surface area contributed by atoms with Gasteiger partial charge in [0.25, 0.3) is 0 Å². The number of anilines is 1. The Labute approximate surface area is 190 Å². The summed E-state index contributed by atoms with van der Waals surface area (Å²) >= 11 is 0. The molecule has 1 fully saturated rings. The molecule has 0 spiro atoms. The summed E-state index contributed by atoms with van der Waals surface area (Å²) in [6, 6.07) is 4.40. The zero-order valence-electron chi connectivity index (χ0n) is 18.2. The summed E-state index contributed by atoms with van der Waals surface area (Å²) < 4.78 is 77.3. The SMILES string of the molecule is COc1ccc2c(c1)CN(S(=O)(=O)C(F)(F)F)CC(COC1CCCC1)N2Cc1cnc[nH]1. The van der Waals surface area contributed by atoms with Gasteiger partial charge in [0.05, 0.1) is 44.4 Å². The Bertz CT molecular complexity index is 1040. The number of rotatable bonds is 7. The first-order valence-corrected chi connectivity index (χ1v) is 12.2. The molecule has 1 unspecified atom stereocenters. The fourth-order valence-electron chi connectivity index (χ4n) is 4.42. The van der Waals surface area contributed by atoms with E-state index in [1.54, 1.807) is 24.4 Å². The maximum Gasteiger partial charge on any atom is 0.511 e. The number of H-pyrrole nitrogens is 1. The number of benzene rings is 1. The second kappa shape index (κ2) is 9.51. The number of methoxy groups -OCH3 is 1. The second-order valence-electron chi connectivity index (χ2n) is 8.34. The molecule has 1 N–H and O–H groups in total. The van der Waals surface area contributed by atoms with Crippen molar-refractivity contribution >= 4 is 15.7 Å². The third kappa shape index (κ3) is 5.12. The van der Waals surface area contributed by atoms with E-state index < -0.39 is 28.1 Å². The van der Waals surface area contributed by atoms with Crippen LogP contribution in [0.1, 0.15) is 36.9 Å². The number of ether oxygens (including phenoxy) is 2. The molecule has 12 heteroatoms. The van der Waals surface area contributed by atoms with Crippen LogP contribution in [0.25, 0.3) is 0 Å². The molecule has 1 aliphatic heterocycles. The maximum atomic E-state index is 13.5. The molecule has 0 saturated heterocycles. The monoisotopic (exact) mass is 488 g/mol. The first kappa shape index (κ1) is 23.8. The largest absolute Gasteiger partial charge is 0.511 e. The van der Waals surface area contributed by atoms with E-state index in [-0.39, 0.29) is 19.3 Å². The Morgan fingerprint density at radius 3 is 2.64 bits per heavy atom. The average molecular weight is 489 g/mol. The van der Waals surface area contributed by atoms with Crippen LogP contribution in [0.2, 0.25) is 0 Å². The van der Waals surface area contributed by atoms with Crippen LogP contribution in [0.4, 0.5) is 18.9 Å². The Morgan fingerprint density at radius 2 is 2.00 bits per heavy atom. The highest BCUT2D eigenvalue weighted by Gasteiger charge is 2.51. The van der Waals surface area contributed by atoms with E-state index in [0.717, 1.165) is 31.4 Å². The van der Waals surface area contributed by atoms with Gasteiger partial charge in [-0.3, -0.25) is 0 Å². The molecule has 0 bridgehead atoms. The maximum absolute atomic E-state index is 13.5. The molecule has 1 atom stereocenters. The highest BCUT2D eigenvalue weighted by molar-refractivity contribution is 7.89. The van der Waals surface area contributed by atoms with Crippen molar-refractivity contribution in [3.8, 4) is 5.75 Å². The summed E-state index contributed by atoms with van der Waals surface area (Å²) in [5.74, 6) is 0.431. The van der Waals surface area contributed by atoms with Crippen LogP contribution < -0.4 is 9.64 Å². The molecule has 33 heavy (non-hydrogen) atoms. The van der Waals surface area contributed by atoms with Gasteiger partial charge in [-0.2, -0.15) is 17.5 Å². The van der Waals surface area contributed by atoms with Gasteiger partial charge in [-0.25, -0.2) is 13.4 Å². The van der Waals surface area contributed by atoms with Gasteiger partial charge in [0.2, 0.25) is 0 Å². The molecule has 0 radical (unpaired) electrons. The molecule has 182 valence electrons. The minimum absolute atomic E-state index is 0.0327. The Morgan fingerprint density at radius 1 is 1.24 bits per heavy atom. The summed E-state index contributed by atoms with van der Waals surface area (Å²) in [6.07, 6.45) is 7.07. The van der Waals surface area contributed by atoms with E-state index in [9.17, 15) is 21.6 Å². The molecule has 0 amide bonds. The normalized spacial score (nSPS) is 20.6. The number of imidazole rings is 1. The molecule has 4 rings (SSSR count). The lowest BCUT2D eigenvalue weighted by atomic mass is 10.1. The van der Waals surface area contributed by atoms with Crippen molar-refractivity contribution < 1.29 is 31.1 Å². The molecule has 2 aliphatic rings. The zero-order chi connectivity index (χ0) is 23.6. The highest BCUT2D eigenvalue weighted by Crippen LogP contribution is 2.36. The average Bonchev–Trinajstić information content (AvgIpc) is 3.45. The lowest BCUT2D eigenvalue weighted by Gasteiger charge is -2.34. The summed E-state index contributed by atoms with van der Waals surface area (Å²) in [6.45, 7) is -0.375. The number of fused-ring (bicyclic) bond motifs is 1. The van der Waals surface area contributed by atoms with Crippen LogP contribution in [-0.2, 0) is 27.8 Å². The first-order valence-electron chi connectivity index (χ1n) is 10.8. The fourth-order valence-corrected chi connectivity index (χ4v) is 5.39. The van der Waals surface area contributed by atoms with Crippen molar-refractivity contribution in [3.63, 3.8) is 0 Å². The van der Waals surface area contributed by atoms with Crippen LogP contribution >= 0.6 is 0 Å². The van der Waals surface area contributed by atoms with Gasteiger partial charge < -0.3 is 19.4 Å². The van der Waals surface area contributed by atoms with E-state index >= 15 is 0 Å². The number of aromatic amines is 1. The van der Waals surface area contributed by atoms with Crippen molar-refractivity contribution in [1.29, 1.82) is 0 Å². The number of hydrogen-bond donors (Lipinski definition) is 1. The molecule has 1 aliphatic carbocycles. The number of hydrogen-bond acceptors (Lipinski definition) is 6. The van der Waals surface area contributed by atoms with Gasteiger partial charge >= 0.3 is 15.5 Å². The Balaban J connectivity index is 1.74. The first-order chi connectivity index (χ1) is 15.7. The van der Waals surface area contributed by atoms with Gasteiger partial charge in [-0.1, -0.05) is 12.8 Å². The topological polar surface area (TPSA) is 87.8 Å². The lowest BCUT2D eigenvalue weighted by Crippen LogP contribution is -2.49. The Kier molecular flexibility index (Phi) is 6.87. The number of alkyl halides is 3. The molecule has 2 heterocycles. The molecule has 1 saturated carbocycles. The molecule has 8 nitrogen and oxygen atoms in total. The van der Waals surface area contributed by atoms with E-state index in [0.29, 0.717) is 27.9 Å².